The third-order valence-electron chi connectivity index (χ3n) is 9.28. The Labute approximate surface area is 307 Å². The number of carboxylic acid groups (broad SMARTS) is 1. The van der Waals surface area contributed by atoms with Gasteiger partial charge in [-0.05, 0) is 182 Å². The first-order valence-corrected chi connectivity index (χ1v) is 19.0. The lowest BCUT2D eigenvalue weighted by atomic mass is 10.0. The van der Waals surface area contributed by atoms with Gasteiger partial charge in [0, 0.05) is 0 Å². The first-order chi connectivity index (χ1) is 23.8. The number of hydrogen-bond donors (Lipinski definition) is 2. The second kappa shape index (κ2) is 26.3. The van der Waals surface area contributed by atoms with Crippen molar-refractivity contribution in [3.8, 4) is 5.75 Å². The molecule has 0 bridgehead atoms. The number of rotatable bonds is 24. The Hall–Kier alpha value is -3.59. The molecular formula is C47H70O3. The van der Waals surface area contributed by atoms with Gasteiger partial charge in [0.15, 0.2) is 0 Å². The van der Waals surface area contributed by atoms with Gasteiger partial charge in [0.05, 0.1) is 5.56 Å². The summed E-state index contributed by atoms with van der Waals surface area (Å²) in [5.74, 6) is -0.835. The van der Waals surface area contributed by atoms with Crippen molar-refractivity contribution in [2.75, 3.05) is 0 Å². The van der Waals surface area contributed by atoms with Crippen LogP contribution in [0.3, 0.4) is 0 Å². The van der Waals surface area contributed by atoms with Crippen LogP contribution in [-0.4, -0.2) is 16.2 Å². The zero-order valence-electron chi connectivity index (χ0n) is 33.3. The molecule has 1 rings (SSSR count). The number of phenolic OH excluding ortho intramolecular Hbond substituents is 1. The van der Waals surface area contributed by atoms with E-state index in [4.69, 9.17) is 0 Å². The molecule has 2 N–H and O–H groups in total. The van der Waals surface area contributed by atoms with Gasteiger partial charge in [-0.2, -0.15) is 0 Å². The van der Waals surface area contributed by atoms with Gasteiger partial charge in [-0.25, -0.2) is 4.79 Å². The summed E-state index contributed by atoms with van der Waals surface area (Å²) < 4.78 is 0. The molecule has 0 atom stereocenters. The molecule has 3 nitrogen and oxygen atoms in total. The molecule has 0 heterocycles. The van der Waals surface area contributed by atoms with E-state index in [-0.39, 0.29) is 11.3 Å². The summed E-state index contributed by atoms with van der Waals surface area (Å²) in [5, 5.41) is 19.2. The van der Waals surface area contributed by atoms with E-state index in [1.165, 1.54) is 69.6 Å². The van der Waals surface area contributed by atoms with Gasteiger partial charge in [-0.1, -0.05) is 93.2 Å². The summed E-state index contributed by atoms with van der Waals surface area (Å²) in [6, 6.07) is 4.44. The summed E-state index contributed by atoms with van der Waals surface area (Å²) in [5.41, 5.74) is 12.4. The number of aromatic hydroxyl groups is 1. The minimum absolute atomic E-state index is 0.142. The first-order valence-electron chi connectivity index (χ1n) is 19.0. The lowest BCUT2D eigenvalue weighted by molar-refractivity contribution is 0.0696. The van der Waals surface area contributed by atoms with E-state index in [9.17, 15) is 15.0 Å². The van der Waals surface area contributed by atoms with Crippen LogP contribution in [0.15, 0.2) is 111 Å². The van der Waals surface area contributed by atoms with Crippen LogP contribution < -0.4 is 0 Å². The monoisotopic (exact) mass is 683 g/mol. The van der Waals surface area contributed by atoms with Crippen molar-refractivity contribution in [1.82, 2.24) is 0 Å². The van der Waals surface area contributed by atoms with Gasteiger partial charge < -0.3 is 10.2 Å². The molecule has 50 heavy (non-hydrogen) atoms. The third kappa shape index (κ3) is 22.9. The van der Waals surface area contributed by atoms with Crippen LogP contribution in [-0.2, 0) is 6.42 Å². The first kappa shape index (κ1) is 44.4. The Morgan fingerprint density at radius 1 is 0.480 bits per heavy atom. The number of carbonyl (C=O) groups is 1. The maximum Gasteiger partial charge on any atom is 0.335 e. The second-order valence-electron chi connectivity index (χ2n) is 14.8. The van der Waals surface area contributed by atoms with E-state index in [2.05, 4.69) is 111 Å². The maximum absolute atomic E-state index is 11.2. The predicted octanol–water partition coefficient (Wildman–Crippen LogP) is 14.7. The highest BCUT2D eigenvalue weighted by Crippen LogP contribution is 2.21. The quantitative estimate of drug-likeness (QED) is 0.107. The van der Waals surface area contributed by atoms with Crippen molar-refractivity contribution in [3.05, 3.63) is 123 Å². The molecule has 0 saturated carbocycles. The largest absolute Gasteiger partial charge is 0.508 e. The standard InChI is InChI=1S/C47H70O3/c1-36(2)17-10-18-37(3)19-11-20-38(4)21-12-22-39(5)23-13-24-40(6)25-14-26-41(7)27-15-28-42(8)29-16-30-43(9)31-32-44-35-45(47(49)50)33-34-46(44)48/h17,19,21,23,25,27,29,31,33-35,48H,10-16,18,20,22,24,26,28,30,32H2,1-9H3,(H,49,50)/b37-19+,38-21+,39-23+,40-25+,41-27+,42-29+,43-31+. The number of carboxylic acids is 1. The Balaban J connectivity index is 2.28. The Morgan fingerprint density at radius 3 is 1.08 bits per heavy atom. The normalized spacial score (nSPS) is 14.0. The molecule has 0 aromatic heterocycles. The number of hydrogen-bond acceptors (Lipinski definition) is 2. The van der Waals surface area contributed by atoms with Crippen molar-refractivity contribution in [1.29, 1.82) is 0 Å². The summed E-state index contributed by atoms with van der Waals surface area (Å²) >= 11 is 0. The van der Waals surface area contributed by atoms with Crippen LogP contribution in [0.2, 0.25) is 0 Å². The molecule has 1 aromatic carbocycles. The second-order valence-corrected chi connectivity index (χ2v) is 14.8. The SMILES string of the molecule is CC(C)=CCC/C(C)=C/CC/C(C)=C/CC/C(C)=C/CC/C(C)=C/CC/C(C)=C/CC/C(C)=C/CC/C(C)=C/Cc1cc(C(=O)O)ccc1O. The molecule has 0 spiro atoms. The number of allylic oxidation sites excluding steroid dienone is 16. The zero-order chi connectivity index (χ0) is 37.3. The lowest BCUT2D eigenvalue weighted by Crippen LogP contribution is -1.97. The zero-order valence-corrected chi connectivity index (χ0v) is 33.3. The number of benzene rings is 1. The molecule has 0 amide bonds. The highest BCUT2D eigenvalue weighted by atomic mass is 16.4. The van der Waals surface area contributed by atoms with Crippen LogP contribution in [0, 0.1) is 0 Å². The lowest BCUT2D eigenvalue weighted by Gasteiger charge is -2.05. The summed E-state index contributed by atoms with van der Waals surface area (Å²) in [6.45, 7) is 20.0. The van der Waals surface area contributed by atoms with Crippen molar-refractivity contribution >= 4 is 5.97 Å². The molecule has 3 heteroatoms. The summed E-state index contributed by atoms with van der Waals surface area (Å²) in [7, 11) is 0. The smallest absolute Gasteiger partial charge is 0.335 e. The van der Waals surface area contributed by atoms with Gasteiger partial charge in [-0.15, -0.1) is 0 Å². The number of aromatic carboxylic acids is 1. The van der Waals surface area contributed by atoms with Gasteiger partial charge in [-0.3, -0.25) is 0 Å². The molecule has 0 unspecified atom stereocenters. The summed E-state index contributed by atoms with van der Waals surface area (Å²) in [4.78, 5) is 11.2. The average Bonchev–Trinajstić information content (AvgIpc) is 3.04. The van der Waals surface area contributed by atoms with E-state index in [0.29, 0.717) is 12.0 Å². The molecule has 0 radical (unpaired) electrons. The molecule has 1 aromatic rings. The minimum Gasteiger partial charge on any atom is -0.508 e. The fourth-order valence-electron chi connectivity index (χ4n) is 5.75. The molecule has 0 fully saturated rings. The average molecular weight is 683 g/mol. The molecule has 0 aliphatic rings. The Morgan fingerprint density at radius 2 is 0.780 bits per heavy atom. The van der Waals surface area contributed by atoms with Crippen molar-refractivity contribution in [3.63, 3.8) is 0 Å². The van der Waals surface area contributed by atoms with E-state index in [1.807, 2.05) is 0 Å². The van der Waals surface area contributed by atoms with E-state index in [0.717, 1.165) is 77.0 Å². The van der Waals surface area contributed by atoms with Gasteiger partial charge >= 0.3 is 5.97 Å². The van der Waals surface area contributed by atoms with Crippen LogP contribution in [0.25, 0.3) is 0 Å². The molecule has 0 aliphatic heterocycles. The maximum atomic E-state index is 11.2. The third-order valence-corrected chi connectivity index (χ3v) is 9.28. The Kier molecular flexibility index (Phi) is 23.3. The van der Waals surface area contributed by atoms with Crippen molar-refractivity contribution in [2.24, 2.45) is 0 Å². The van der Waals surface area contributed by atoms with Crippen LogP contribution in [0.5, 0.6) is 5.75 Å². The van der Waals surface area contributed by atoms with Crippen LogP contribution in [0.1, 0.15) is 168 Å². The molecular weight excluding hydrogens is 613 g/mol. The van der Waals surface area contributed by atoms with E-state index < -0.39 is 5.97 Å². The highest BCUT2D eigenvalue weighted by molar-refractivity contribution is 5.88. The highest BCUT2D eigenvalue weighted by Gasteiger charge is 2.07. The topological polar surface area (TPSA) is 57.5 Å². The fourth-order valence-corrected chi connectivity index (χ4v) is 5.75. The number of phenols is 1. The van der Waals surface area contributed by atoms with Gasteiger partial charge in [0.2, 0.25) is 0 Å². The Bertz CT molecular complexity index is 1430. The van der Waals surface area contributed by atoms with Crippen LogP contribution in [0.4, 0.5) is 0 Å². The van der Waals surface area contributed by atoms with Gasteiger partial charge in [0.1, 0.15) is 5.75 Å². The van der Waals surface area contributed by atoms with Gasteiger partial charge in [0.25, 0.3) is 0 Å². The van der Waals surface area contributed by atoms with Crippen molar-refractivity contribution < 1.29 is 15.0 Å². The van der Waals surface area contributed by atoms with E-state index in [1.54, 1.807) is 6.07 Å². The molecule has 276 valence electrons. The molecule has 0 aliphatic carbocycles. The fraction of sp³-hybridized carbons (Fsp3) is 0.511. The molecule has 0 saturated heterocycles. The van der Waals surface area contributed by atoms with E-state index >= 15 is 0 Å². The summed E-state index contributed by atoms with van der Waals surface area (Å²) in [6.07, 6.45) is 35.0. The van der Waals surface area contributed by atoms with Crippen LogP contribution >= 0.6 is 0 Å². The van der Waals surface area contributed by atoms with Crippen molar-refractivity contribution in [2.45, 2.75) is 159 Å². The predicted molar refractivity (Wildman–Crippen MR) is 219 cm³/mol. The minimum atomic E-state index is -0.977.